The molecule has 0 saturated heterocycles. The van der Waals surface area contributed by atoms with Gasteiger partial charge in [0.25, 0.3) is 5.91 Å². The number of fused-ring (bicyclic) bond motifs is 1. The van der Waals surface area contributed by atoms with Crippen molar-refractivity contribution in [3.8, 4) is 0 Å². The largest absolute Gasteiger partial charge is 0.383 e. The van der Waals surface area contributed by atoms with Crippen LogP contribution in [0.5, 0.6) is 0 Å². The van der Waals surface area contributed by atoms with Crippen LogP contribution in [0, 0.1) is 5.82 Å². The summed E-state index contributed by atoms with van der Waals surface area (Å²) in [7, 11) is 0. The van der Waals surface area contributed by atoms with Gasteiger partial charge in [0.05, 0.1) is 24.6 Å². The van der Waals surface area contributed by atoms with Crippen LogP contribution in [0.15, 0.2) is 112 Å². The molecule has 3 N–H and O–H groups in total. The Hall–Kier alpha value is -4.39. The maximum absolute atomic E-state index is 13.7. The Labute approximate surface area is 208 Å². The molecule has 6 nitrogen and oxygen atoms in total. The molecule has 6 rings (SSSR count). The number of rotatable bonds is 4. The molecule has 3 aliphatic heterocycles. The van der Waals surface area contributed by atoms with E-state index in [9.17, 15) is 14.0 Å². The molecule has 7 heteroatoms. The molecule has 2 amide bonds. The number of amides is 2. The number of nitrogens with one attached hydrogen (secondary N) is 3. The fourth-order valence-corrected chi connectivity index (χ4v) is 5.23. The summed E-state index contributed by atoms with van der Waals surface area (Å²) in [6, 6.07) is 15.9. The number of hydrogen-bond donors (Lipinski definition) is 3. The van der Waals surface area contributed by atoms with E-state index in [4.69, 9.17) is 0 Å². The number of dihydropyridines is 1. The van der Waals surface area contributed by atoms with E-state index in [0.717, 1.165) is 45.1 Å². The average Bonchev–Trinajstić information content (AvgIpc) is 3.15. The highest BCUT2D eigenvalue weighted by molar-refractivity contribution is 6.07. The van der Waals surface area contributed by atoms with Gasteiger partial charge < -0.3 is 20.9 Å². The zero-order valence-corrected chi connectivity index (χ0v) is 19.8. The van der Waals surface area contributed by atoms with Crippen LogP contribution in [0.2, 0.25) is 0 Å². The first-order valence-corrected chi connectivity index (χ1v) is 12.0. The van der Waals surface area contributed by atoms with Gasteiger partial charge in [0, 0.05) is 41.0 Å². The number of anilines is 1. The predicted molar refractivity (Wildman–Crippen MR) is 136 cm³/mol. The first-order chi connectivity index (χ1) is 17.5. The number of benzene rings is 2. The fraction of sp³-hybridized carbons (Fsp3) is 0.172. The van der Waals surface area contributed by atoms with Crippen LogP contribution < -0.4 is 20.9 Å². The second-order valence-corrected chi connectivity index (χ2v) is 9.35. The van der Waals surface area contributed by atoms with E-state index in [1.54, 1.807) is 12.1 Å². The summed E-state index contributed by atoms with van der Waals surface area (Å²) in [5.74, 6) is -0.548. The Morgan fingerprint density at radius 3 is 2.64 bits per heavy atom. The molecule has 36 heavy (non-hydrogen) atoms. The Kier molecular flexibility index (Phi) is 5.33. The Balaban J connectivity index is 1.41. The van der Waals surface area contributed by atoms with Crippen molar-refractivity contribution in [2.45, 2.75) is 25.8 Å². The van der Waals surface area contributed by atoms with E-state index in [1.165, 1.54) is 12.1 Å². The Bertz CT molecular complexity index is 1430. The van der Waals surface area contributed by atoms with Crippen molar-refractivity contribution < 1.29 is 14.0 Å². The predicted octanol–water partition coefficient (Wildman–Crippen LogP) is 3.73. The van der Waals surface area contributed by atoms with Gasteiger partial charge in [-0.2, -0.15) is 0 Å². The van der Waals surface area contributed by atoms with Crippen molar-refractivity contribution >= 4 is 17.5 Å². The molecule has 0 saturated carbocycles. The number of nitrogens with zero attached hydrogens (tertiary/aromatic N) is 1. The number of halogens is 1. The van der Waals surface area contributed by atoms with Crippen molar-refractivity contribution in [1.29, 1.82) is 0 Å². The molecule has 1 aliphatic carbocycles. The molecule has 1 unspecified atom stereocenters. The maximum Gasteiger partial charge on any atom is 0.256 e. The van der Waals surface area contributed by atoms with Crippen molar-refractivity contribution in [3.05, 3.63) is 124 Å². The molecule has 2 aromatic rings. The lowest BCUT2D eigenvalue weighted by Gasteiger charge is -2.31. The second-order valence-electron chi connectivity index (χ2n) is 9.35. The highest BCUT2D eigenvalue weighted by atomic mass is 19.1. The lowest BCUT2D eigenvalue weighted by molar-refractivity contribution is -0.119. The first-order valence-electron chi connectivity index (χ1n) is 12.0. The molecule has 0 fully saturated rings. The monoisotopic (exact) mass is 480 g/mol. The van der Waals surface area contributed by atoms with E-state index < -0.39 is 0 Å². The molecule has 0 bridgehead atoms. The lowest BCUT2D eigenvalue weighted by Crippen LogP contribution is -2.36. The van der Waals surface area contributed by atoms with Crippen molar-refractivity contribution in [1.82, 2.24) is 16.0 Å². The molecular weight excluding hydrogens is 455 g/mol. The highest BCUT2D eigenvalue weighted by Gasteiger charge is 2.41. The van der Waals surface area contributed by atoms with Crippen molar-refractivity contribution in [3.63, 3.8) is 0 Å². The van der Waals surface area contributed by atoms with Gasteiger partial charge in [-0.1, -0.05) is 30.3 Å². The van der Waals surface area contributed by atoms with Crippen LogP contribution >= 0.6 is 0 Å². The summed E-state index contributed by atoms with van der Waals surface area (Å²) in [4.78, 5) is 28.2. The minimum Gasteiger partial charge on any atom is -0.383 e. The van der Waals surface area contributed by atoms with Gasteiger partial charge in [0.1, 0.15) is 5.82 Å². The number of carbonyl (C=O) groups excluding carboxylic acids is 2. The molecule has 0 spiro atoms. The summed E-state index contributed by atoms with van der Waals surface area (Å²) < 4.78 is 13.7. The third-order valence-corrected chi connectivity index (χ3v) is 6.94. The molecule has 180 valence electrons. The van der Waals surface area contributed by atoms with Crippen LogP contribution in [0.25, 0.3) is 0 Å². The standard InChI is InChI=1S/C29H25FN4O2/c1-17-28-26-19(15-31-17)16-34(22-10-7-20(30)8-11-22)24-12-9-21(14-23(24)27(26)29(36)33-28)32-25(35)13-18-5-3-2-4-6-18/h2-12,15,17,31H,13-14,16H2,1H3,(H,32,35)(H,33,36). The fourth-order valence-electron chi connectivity index (χ4n) is 5.23. The van der Waals surface area contributed by atoms with E-state index in [0.29, 0.717) is 18.5 Å². The Morgan fingerprint density at radius 1 is 1.08 bits per heavy atom. The number of hydrogen-bond acceptors (Lipinski definition) is 4. The third kappa shape index (κ3) is 3.82. The smallest absolute Gasteiger partial charge is 0.256 e. The average molecular weight is 481 g/mol. The van der Waals surface area contributed by atoms with Crippen LogP contribution in [-0.2, 0) is 16.0 Å². The molecular formula is C29H25FN4O2. The van der Waals surface area contributed by atoms with Gasteiger partial charge in [0.15, 0.2) is 0 Å². The number of carbonyl (C=O) groups is 2. The Morgan fingerprint density at radius 2 is 1.86 bits per heavy atom. The second kappa shape index (κ2) is 8.68. The van der Waals surface area contributed by atoms with E-state index in [1.807, 2.05) is 55.6 Å². The third-order valence-electron chi connectivity index (χ3n) is 6.94. The summed E-state index contributed by atoms with van der Waals surface area (Å²) in [6.45, 7) is 2.53. The van der Waals surface area contributed by atoms with Crippen molar-refractivity contribution in [2.24, 2.45) is 0 Å². The van der Waals surface area contributed by atoms with E-state index in [-0.39, 0.29) is 30.1 Å². The van der Waals surface area contributed by atoms with Gasteiger partial charge in [-0.25, -0.2) is 4.39 Å². The summed E-state index contributed by atoms with van der Waals surface area (Å²) in [5, 5.41) is 9.45. The van der Waals surface area contributed by atoms with Gasteiger partial charge in [-0.05, 0) is 60.1 Å². The van der Waals surface area contributed by atoms with Crippen LogP contribution in [0.4, 0.5) is 10.1 Å². The first kappa shape index (κ1) is 22.1. The highest BCUT2D eigenvalue weighted by Crippen LogP contribution is 2.44. The zero-order chi connectivity index (χ0) is 24.8. The van der Waals surface area contributed by atoms with E-state index >= 15 is 0 Å². The normalized spacial score (nSPS) is 20.4. The molecule has 0 radical (unpaired) electrons. The van der Waals surface area contributed by atoms with Gasteiger partial charge in [-0.15, -0.1) is 0 Å². The zero-order valence-electron chi connectivity index (χ0n) is 19.8. The van der Waals surface area contributed by atoms with Crippen molar-refractivity contribution in [2.75, 3.05) is 11.4 Å². The molecule has 4 aliphatic rings. The molecule has 1 atom stereocenters. The van der Waals surface area contributed by atoms with Crippen LogP contribution in [0.3, 0.4) is 0 Å². The topological polar surface area (TPSA) is 73.5 Å². The number of allylic oxidation sites excluding steroid dienone is 4. The quantitative estimate of drug-likeness (QED) is 0.624. The molecule has 0 aromatic heterocycles. The van der Waals surface area contributed by atoms with Gasteiger partial charge >= 0.3 is 0 Å². The summed E-state index contributed by atoms with van der Waals surface area (Å²) in [5.41, 5.74) is 7.62. The summed E-state index contributed by atoms with van der Waals surface area (Å²) >= 11 is 0. The SMILES string of the molecule is CC1NC=C2CN(c3ccc(F)cc3)C3=CC=C(NC(=O)Cc4ccccc4)CC3=C3C(=O)NC1=C23. The van der Waals surface area contributed by atoms with Crippen LogP contribution in [-0.4, -0.2) is 24.4 Å². The minimum atomic E-state index is -0.304. The van der Waals surface area contributed by atoms with Crippen LogP contribution in [0.1, 0.15) is 18.9 Å². The minimum absolute atomic E-state index is 0.0280. The summed E-state index contributed by atoms with van der Waals surface area (Å²) in [6.07, 6.45) is 6.47. The molecule has 2 aromatic carbocycles. The van der Waals surface area contributed by atoms with Gasteiger partial charge in [0.2, 0.25) is 5.91 Å². The lowest BCUT2D eigenvalue weighted by atomic mass is 9.89. The van der Waals surface area contributed by atoms with E-state index in [2.05, 4.69) is 20.9 Å². The van der Waals surface area contributed by atoms with Gasteiger partial charge in [-0.3, -0.25) is 9.59 Å². The maximum atomic E-state index is 13.7. The molecule has 3 heterocycles.